The Morgan fingerprint density at radius 3 is 2.00 bits per heavy atom. The average Bonchev–Trinajstić information content (AvgIpc) is 2.28. The minimum absolute atomic E-state index is 1.05. The van der Waals surface area contributed by atoms with Crippen LogP contribution in [0.5, 0.6) is 0 Å². The van der Waals surface area contributed by atoms with Crippen LogP contribution in [0.15, 0.2) is 0 Å². The van der Waals surface area contributed by atoms with Gasteiger partial charge >= 0.3 is 0 Å². The van der Waals surface area contributed by atoms with E-state index in [0.717, 1.165) is 5.66 Å². The van der Waals surface area contributed by atoms with Crippen molar-refractivity contribution in [2.24, 2.45) is 0 Å². The lowest BCUT2D eigenvalue weighted by Crippen LogP contribution is -2.00. The Morgan fingerprint density at radius 1 is 0.923 bits per heavy atom. The molecule has 0 N–H and O–H groups in total. The van der Waals surface area contributed by atoms with E-state index in [9.17, 15) is 0 Å². The van der Waals surface area contributed by atoms with Crippen molar-refractivity contribution in [1.29, 1.82) is 0 Å². The predicted octanol–water partition coefficient (Wildman–Crippen LogP) is 4.85. The van der Waals surface area contributed by atoms with E-state index in [1.165, 1.54) is 63.9 Å². The lowest BCUT2D eigenvalue weighted by Gasteiger charge is -2.14. The molecule has 0 unspecified atom stereocenters. The molecule has 0 heterocycles. The molecule has 0 aliphatic heterocycles. The molecule has 1 fully saturated rings. The maximum atomic E-state index is 2.31. The van der Waals surface area contributed by atoms with Crippen LogP contribution in [0.4, 0.5) is 0 Å². The van der Waals surface area contributed by atoms with Crippen molar-refractivity contribution in [3.05, 3.63) is 0 Å². The molecule has 0 amide bonds. The lowest BCUT2D eigenvalue weighted by atomic mass is 10.1. The molecule has 1 rings (SSSR count). The van der Waals surface area contributed by atoms with E-state index >= 15 is 0 Å². The van der Waals surface area contributed by atoms with Crippen LogP contribution < -0.4 is 0 Å². The Balaban J connectivity index is 2.16. The van der Waals surface area contributed by atoms with Crippen LogP contribution in [0.2, 0.25) is 0 Å². The fraction of sp³-hybridized carbons (Fsp3) is 1.00. The fourth-order valence-corrected chi connectivity index (χ4v) is 3.46. The third-order valence-corrected chi connectivity index (χ3v) is 4.67. The van der Waals surface area contributed by atoms with E-state index in [2.05, 4.69) is 6.92 Å². The van der Waals surface area contributed by atoms with Crippen LogP contribution in [0, 0.1) is 0 Å². The molecular formula is C12H24P. The van der Waals surface area contributed by atoms with Gasteiger partial charge < -0.3 is 0 Å². The minimum Gasteiger partial charge on any atom is -0.0775 e. The average molecular weight is 199 g/mol. The van der Waals surface area contributed by atoms with Crippen molar-refractivity contribution in [3.8, 4) is 0 Å². The molecule has 0 atom stereocenters. The van der Waals surface area contributed by atoms with E-state index in [4.69, 9.17) is 0 Å². The molecule has 1 aliphatic carbocycles. The molecular weight excluding hydrogens is 175 g/mol. The van der Waals surface area contributed by atoms with E-state index in [1.54, 1.807) is 8.58 Å². The Kier molecular flexibility index (Phi) is 6.90. The summed E-state index contributed by atoms with van der Waals surface area (Å²) in [5.74, 6) is 0. The van der Waals surface area contributed by atoms with Crippen LogP contribution in [-0.4, -0.2) is 11.8 Å². The molecule has 1 saturated carbocycles. The van der Waals surface area contributed by atoms with E-state index in [1.807, 2.05) is 0 Å². The number of hydrogen-bond donors (Lipinski definition) is 0. The summed E-state index contributed by atoms with van der Waals surface area (Å²) in [7, 11) is 1.75. The molecule has 0 spiro atoms. The standard InChI is InChI=1S/C12H24P/c1-2-11-13-12-9-7-5-3-4-6-8-10-12/h12H,2-11H2,1H3. The second-order valence-corrected chi connectivity index (χ2v) is 5.80. The van der Waals surface area contributed by atoms with Crippen molar-refractivity contribution in [3.63, 3.8) is 0 Å². The second-order valence-electron chi connectivity index (χ2n) is 4.26. The summed E-state index contributed by atoms with van der Waals surface area (Å²) in [5.41, 5.74) is 1.05. The van der Waals surface area contributed by atoms with Crippen molar-refractivity contribution in [1.82, 2.24) is 0 Å². The summed E-state index contributed by atoms with van der Waals surface area (Å²) in [6.45, 7) is 2.31. The van der Waals surface area contributed by atoms with E-state index in [0.29, 0.717) is 0 Å². The van der Waals surface area contributed by atoms with Crippen molar-refractivity contribution in [2.75, 3.05) is 6.16 Å². The molecule has 0 saturated heterocycles. The van der Waals surface area contributed by atoms with Crippen molar-refractivity contribution < 1.29 is 0 Å². The van der Waals surface area contributed by atoms with Gasteiger partial charge in [-0.1, -0.05) is 60.5 Å². The highest BCUT2D eigenvalue weighted by molar-refractivity contribution is 7.38. The highest BCUT2D eigenvalue weighted by atomic mass is 31.1. The zero-order valence-electron chi connectivity index (χ0n) is 9.10. The maximum absolute atomic E-state index is 2.31. The normalized spacial score (nSPS) is 22.8. The van der Waals surface area contributed by atoms with Gasteiger partial charge in [-0.3, -0.25) is 0 Å². The molecule has 0 bridgehead atoms. The minimum atomic E-state index is 1.05. The first-order valence-corrected chi connectivity index (χ1v) is 7.25. The molecule has 0 aromatic carbocycles. The highest BCUT2D eigenvalue weighted by Crippen LogP contribution is 2.30. The number of hydrogen-bond acceptors (Lipinski definition) is 0. The van der Waals surface area contributed by atoms with Gasteiger partial charge in [0, 0.05) is 0 Å². The van der Waals surface area contributed by atoms with Crippen LogP contribution in [0.1, 0.15) is 64.7 Å². The molecule has 1 aliphatic rings. The molecule has 0 aromatic rings. The van der Waals surface area contributed by atoms with Crippen LogP contribution in [-0.2, 0) is 0 Å². The Hall–Kier alpha value is 0.430. The summed E-state index contributed by atoms with van der Waals surface area (Å²) >= 11 is 0. The highest BCUT2D eigenvalue weighted by Gasteiger charge is 2.09. The van der Waals surface area contributed by atoms with Crippen LogP contribution in [0.3, 0.4) is 0 Å². The summed E-state index contributed by atoms with van der Waals surface area (Å²) in [4.78, 5) is 0. The first kappa shape index (κ1) is 11.5. The Labute approximate surface area is 85.7 Å². The predicted molar refractivity (Wildman–Crippen MR) is 62.8 cm³/mol. The largest absolute Gasteiger partial charge is 0.0775 e. The fourth-order valence-electron chi connectivity index (χ4n) is 2.11. The first-order valence-electron chi connectivity index (χ1n) is 6.10. The van der Waals surface area contributed by atoms with Gasteiger partial charge in [0.1, 0.15) is 0 Å². The lowest BCUT2D eigenvalue weighted by molar-refractivity contribution is 0.624. The third-order valence-electron chi connectivity index (χ3n) is 2.94. The molecule has 1 heteroatoms. The molecule has 77 valence electrons. The first-order chi connectivity index (χ1) is 6.43. The summed E-state index contributed by atoms with van der Waals surface area (Å²) in [6, 6.07) is 0. The van der Waals surface area contributed by atoms with Gasteiger partial charge in [0.15, 0.2) is 0 Å². The van der Waals surface area contributed by atoms with Crippen molar-refractivity contribution >= 4 is 8.58 Å². The summed E-state index contributed by atoms with van der Waals surface area (Å²) < 4.78 is 0. The monoisotopic (exact) mass is 199 g/mol. The van der Waals surface area contributed by atoms with Gasteiger partial charge in [0.25, 0.3) is 0 Å². The van der Waals surface area contributed by atoms with Crippen LogP contribution in [0.25, 0.3) is 0 Å². The quantitative estimate of drug-likeness (QED) is 0.570. The zero-order valence-corrected chi connectivity index (χ0v) is 9.99. The molecule has 1 radical (unpaired) electrons. The SMILES string of the molecule is CCC[P]C1CCCCCCCC1. The molecule has 0 nitrogen and oxygen atoms in total. The second kappa shape index (κ2) is 7.80. The van der Waals surface area contributed by atoms with Gasteiger partial charge in [0.05, 0.1) is 0 Å². The smallest absolute Gasteiger partial charge is 0.0170 e. The Bertz CT molecular complexity index is 102. The van der Waals surface area contributed by atoms with Gasteiger partial charge in [-0.2, -0.15) is 0 Å². The van der Waals surface area contributed by atoms with Gasteiger partial charge in [-0.05, 0) is 24.7 Å². The molecule has 13 heavy (non-hydrogen) atoms. The van der Waals surface area contributed by atoms with Crippen LogP contribution >= 0.6 is 8.58 Å². The van der Waals surface area contributed by atoms with E-state index in [-0.39, 0.29) is 0 Å². The maximum Gasteiger partial charge on any atom is -0.0170 e. The third kappa shape index (κ3) is 5.68. The van der Waals surface area contributed by atoms with Crippen molar-refractivity contribution in [2.45, 2.75) is 70.4 Å². The topological polar surface area (TPSA) is 0 Å². The van der Waals surface area contributed by atoms with E-state index < -0.39 is 0 Å². The Morgan fingerprint density at radius 2 is 1.46 bits per heavy atom. The summed E-state index contributed by atoms with van der Waals surface area (Å²) in [5, 5.41) is 0. The zero-order chi connectivity index (χ0) is 9.36. The van der Waals surface area contributed by atoms with Gasteiger partial charge in [-0.15, -0.1) is 0 Å². The molecule has 0 aromatic heterocycles. The van der Waals surface area contributed by atoms with Gasteiger partial charge in [0.2, 0.25) is 0 Å². The number of rotatable bonds is 3. The van der Waals surface area contributed by atoms with Gasteiger partial charge in [-0.25, -0.2) is 0 Å². The summed E-state index contributed by atoms with van der Waals surface area (Å²) in [6.07, 6.45) is 14.8.